The number of morpholine rings is 1. The van der Waals surface area contributed by atoms with Crippen molar-refractivity contribution in [1.82, 2.24) is 4.98 Å². The molecular weight excluding hydrogens is 405 g/mol. The normalized spacial score (nSPS) is 14.8. The summed E-state index contributed by atoms with van der Waals surface area (Å²) in [5.41, 5.74) is 0.0655. The quantitative estimate of drug-likeness (QED) is 0.637. The van der Waals surface area contributed by atoms with Crippen molar-refractivity contribution in [2.24, 2.45) is 0 Å². The Bertz CT molecular complexity index is 1030. The second kappa shape index (κ2) is 7.88. The molecule has 0 unspecified atom stereocenters. The number of halogens is 3. The predicted octanol–water partition coefficient (Wildman–Crippen LogP) is 4.80. The van der Waals surface area contributed by atoms with Crippen molar-refractivity contribution in [3.8, 4) is 0 Å². The van der Waals surface area contributed by atoms with Crippen LogP contribution >= 0.6 is 11.3 Å². The number of thiazole rings is 1. The molecule has 29 heavy (non-hydrogen) atoms. The van der Waals surface area contributed by atoms with Crippen molar-refractivity contribution < 1.29 is 22.7 Å². The first-order chi connectivity index (χ1) is 13.9. The minimum absolute atomic E-state index is 0.300. The third-order valence-electron chi connectivity index (χ3n) is 4.40. The molecule has 1 aromatic heterocycles. The maximum Gasteiger partial charge on any atom is 0.418 e. The van der Waals surface area contributed by atoms with Crippen LogP contribution in [0.4, 0.5) is 34.5 Å². The van der Waals surface area contributed by atoms with E-state index in [0.29, 0.717) is 18.9 Å². The van der Waals surface area contributed by atoms with Gasteiger partial charge in [0, 0.05) is 18.8 Å². The summed E-state index contributed by atoms with van der Waals surface area (Å²) in [6, 6.07) is 9.29. The van der Waals surface area contributed by atoms with Gasteiger partial charge in [0.1, 0.15) is 0 Å². The molecule has 0 bridgehead atoms. The van der Waals surface area contributed by atoms with E-state index in [2.05, 4.69) is 20.5 Å². The summed E-state index contributed by atoms with van der Waals surface area (Å²) in [4.78, 5) is 19.0. The summed E-state index contributed by atoms with van der Waals surface area (Å²) in [7, 11) is 0. The molecule has 0 aliphatic carbocycles. The molecule has 3 aromatic rings. The Hall–Kier alpha value is -2.85. The number of benzene rings is 2. The smallest absolute Gasteiger partial charge is 0.378 e. The van der Waals surface area contributed by atoms with E-state index in [-0.39, 0.29) is 5.69 Å². The van der Waals surface area contributed by atoms with Crippen LogP contribution in [-0.4, -0.2) is 37.3 Å². The Kier molecular flexibility index (Phi) is 5.29. The number of hydrogen-bond donors (Lipinski definition) is 2. The zero-order valence-corrected chi connectivity index (χ0v) is 15.9. The fourth-order valence-corrected chi connectivity index (χ4v) is 4.06. The fourth-order valence-electron chi connectivity index (χ4n) is 3.00. The Labute approximate surface area is 168 Å². The number of anilines is 3. The van der Waals surface area contributed by atoms with Crippen molar-refractivity contribution in [2.75, 3.05) is 41.8 Å². The molecule has 4 rings (SSSR count). The van der Waals surface area contributed by atoms with E-state index < -0.39 is 17.8 Å². The summed E-state index contributed by atoms with van der Waals surface area (Å²) in [5.74, 6) is 0. The van der Waals surface area contributed by atoms with Gasteiger partial charge in [0.2, 0.25) is 0 Å². The van der Waals surface area contributed by atoms with Crippen molar-refractivity contribution in [3.63, 3.8) is 0 Å². The van der Waals surface area contributed by atoms with Crippen LogP contribution in [0.25, 0.3) is 10.2 Å². The second-order valence-electron chi connectivity index (χ2n) is 6.40. The van der Waals surface area contributed by atoms with Gasteiger partial charge in [-0.05, 0) is 30.3 Å². The Morgan fingerprint density at radius 2 is 1.86 bits per heavy atom. The third kappa shape index (κ3) is 4.43. The molecule has 0 atom stereocenters. The predicted molar refractivity (Wildman–Crippen MR) is 107 cm³/mol. The third-order valence-corrected chi connectivity index (χ3v) is 5.48. The molecule has 2 aromatic carbocycles. The Morgan fingerprint density at radius 1 is 1.10 bits per heavy atom. The van der Waals surface area contributed by atoms with Gasteiger partial charge in [0.25, 0.3) is 0 Å². The number of urea groups is 1. The van der Waals surface area contributed by atoms with E-state index in [0.717, 1.165) is 34.5 Å². The van der Waals surface area contributed by atoms with Crippen LogP contribution in [-0.2, 0) is 10.9 Å². The van der Waals surface area contributed by atoms with E-state index in [1.807, 2.05) is 0 Å². The molecule has 1 saturated heterocycles. The van der Waals surface area contributed by atoms with E-state index in [1.165, 1.54) is 29.5 Å². The minimum Gasteiger partial charge on any atom is -0.378 e. The zero-order chi connectivity index (χ0) is 20.4. The van der Waals surface area contributed by atoms with E-state index >= 15 is 0 Å². The summed E-state index contributed by atoms with van der Waals surface area (Å²) in [5, 5.41) is 5.72. The highest BCUT2D eigenvalue weighted by atomic mass is 32.1. The molecule has 1 aliphatic rings. The SMILES string of the molecule is O=C(Nc1ccc2nc(N3CCOCC3)sc2c1)Nc1ccccc1C(F)(F)F. The highest BCUT2D eigenvalue weighted by Crippen LogP contribution is 2.35. The van der Waals surface area contributed by atoms with Gasteiger partial charge in [-0.25, -0.2) is 9.78 Å². The maximum absolute atomic E-state index is 13.1. The van der Waals surface area contributed by atoms with Crippen molar-refractivity contribution >= 4 is 44.1 Å². The topological polar surface area (TPSA) is 66.5 Å². The van der Waals surface area contributed by atoms with Gasteiger partial charge in [-0.2, -0.15) is 13.2 Å². The van der Waals surface area contributed by atoms with Crippen LogP contribution in [0.15, 0.2) is 42.5 Å². The number of alkyl halides is 3. The van der Waals surface area contributed by atoms with Gasteiger partial charge in [0.05, 0.1) is 34.7 Å². The van der Waals surface area contributed by atoms with Crippen LogP contribution < -0.4 is 15.5 Å². The van der Waals surface area contributed by atoms with Gasteiger partial charge in [0.15, 0.2) is 5.13 Å². The zero-order valence-electron chi connectivity index (χ0n) is 15.1. The monoisotopic (exact) mass is 422 g/mol. The largest absolute Gasteiger partial charge is 0.418 e. The van der Waals surface area contributed by atoms with E-state index in [1.54, 1.807) is 18.2 Å². The van der Waals surface area contributed by atoms with Crippen molar-refractivity contribution in [3.05, 3.63) is 48.0 Å². The number of rotatable bonds is 3. The molecule has 10 heteroatoms. The molecular formula is C19H17F3N4O2S. The molecule has 0 saturated carbocycles. The first-order valence-corrected chi connectivity index (χ1v) is 9.69. The lowest BCUT2D eigenvalue weighted by Gasteiger charge is -2.25. The number of aromatic nitrogens is 1. The number of carbonyl (C=O) groups is 1. The number of fused-ring (bicyclic) bond motifs is 1. The molecule has 2 heterocycles. The Morgan fingerprint density at radius 3 is 2.62 bits per heavy atom. The average molecular weight is 422 g/mol. The molecule has 2 N–H and O–H groups in total. The lowest BCUT2D eigenvalue weighted by Crippen LogP contribution is -2.36. The highest BCUT2D eigenvalue weighted by molar-refractivity contribution is 7.22. The van der Waals surface area contributed by atoms with Crippen LogP contribution in [0.2, 0.25) is 0 Å². The summed E-state index contributed by atoms with van der Waals surface area (Å²) < 4.78 is 45.4. The molecule has 0 radical (unpaired) electrons. The van der Waals surface area contributed by atoms with Crippen LogP contribution in [0.5, 0.6) is 0 Å². The second-order valence-corrected chi connectivity index (χ2v) is 7.41. The standard InChI is InChI=1S/C19H17F3N4O2S/c20-19(21,22)13-3-1-2-4-14(13)24-17(27)23-12-5-6-15-16(11-12)29-18(25-15)26-7-9-28-10-8-26/h1-6,11H,7-10H2,(H2,23,24,27). The molecule has 2 amide bonds. The maximum atomic E-state index is 13.1. The number of hydrogen-bond acceptors (Lipinski definition) is 5. The van der Waals surface area contributed by atoms with Gasteiger partial charge < -0.3 is 20.3 Å². The first-order valence-electron chi connectivity index (χ1n) is 8.88. The number of para-hydroxylation sites is 1. The molecule has 1 aliphatic heterocycles. The van der Waals surface area contributed by atoms with Crippen LogP contribution in [0.3, 0.4) is 0 Å². The summed E-state index contributed by atoms with van der Waals surface area (Å²) in [6.07, 6.45) is -4.55. The molecule has 1 fully saturated rings. The lowest BCUT2D eigenvalue weighted by molar-refractivity contribution is -0.136. The minimum atomic E-state index is -4.55. The van der Waals surface area contributed by atoms with Gasteiger partial charge in [-0.15, -0.1) is 0 Å². The highest BCUT2D eigenvalue weighted by Gasteiger charge is 2.33. The summed E-state index contributed by atoms with van der Waals surface area (Å²) in [6.45, 7) is 2.85. The van der Waals surface area contributed by atoms with Crippen molar-refractivity contribution in [1.29, 1.82) is 0 Å². The number of amides is 2. The average Bonchev–Trinajstić information content (AvgIpc) is 3.11. The van der Waals surface area contributed by atoms with E-state index in [4.69, 9.17) is 4.74 Å². The molecule has 6 nitrogen and oxygen atoms in total. The molecule has 0 spiro atoms. The van der Waals surface area contributed by atoms with Crippen LogP contribution in [0.1, 0.15) is 5.56 Å². The fraction of sp³-hybridized carbons (Fsp3) is 0.263. The van der Waals surface area contributed by atoms with Crippen LogP contribution in [0, 0.1) is 0 Å². The van der Waals surface area contributed by atoms with Gasteiger partial charge in [-0.3, -0.25) is 0 Å². The number of carbonyl (C=O) groups excluding carboxylic acids is 1. The molecule has 152 valence electrons. The summed E-state index contributed by atoms with van der Waals surface area (Å²) >= 11 is 1.49. The number of nitrogens with one attached hydrogen (secondary N) is 2. The van der Waals surface area contributed by atoms with Gasteiger partial charge >= 0.3 is 12.2 Å². The van der Waals surface area contributed by atoms with E-state index in [9.17, 15) is 18.0 Å². The van der Waals surface area contributed by atoms with Crippen molar-refractivity contribution in [2.45, 2.75) is 6.18 Å². The van der Waals surface area contributed by atoms with Gasteiger partial charge in [-0.1, -0.05) is 23.5 Å². The number of nitrogens with zero attached hydrogens (tertiary/aromatic N) is 2. The lowest BCUT2D eigenvalue weighted by atomic mass is 10.1. The number of ether oxygens (including phenoxy) is 1. The first kappa shape index (κ1) is 19.5. The Balaban J connectivity index is 1.49.